The smallest absolute Gasteiger partial charge is 0.387 e. The number of nitrogens with one attached hydrogen (secondary N) is 2. The molecule has 2 N–H and O–H groups in total. The minimum absolute atomic E-state index is 0.265. The van der Waals surface area contributed by atoms with Crippen LogP contribution in [0.1, 0.15) is 49.3 Å². The second kappa shape index (κ2) is 8.19. The molecular formula is C20H28F2N2O2. The Morgan fingerprint density at radius 2 is 2.12 bits per heavy atom. The lowest BCUT2D eigenvalue weighted by Gasteiger charge is -2.36. The van der Waals surface area contributed by atoms with E-state index in [0.29, 0.717) is 24.0 Å². The van der Waals surface area contributed by atoms with E-state index in [1.807, 2.05) is 6.07 Å². The molecule has 0 spiro atoms. The highest BCUT2D eigenvalue weighted by molar-refractivity contribution is 5.39. The van der Waals surface area contributed by atoms with Crippen LogP contribution < -0.4 is 15.4 Å². The van der Waals surface area contributed by atoms with Crippen molar-refractivity contribution in [2.24, 2.45) is 5.92 Å². The fourth-order valence-electron chi connectivity index (χ4n) is 4.94. The van der Waals surface area contributed by atoms with E-state index in [0.717, 1.165) is 44.6 Å². The van der Waals surface area contributed by atoms with Gasteiger partial charge in [-0.25, -0.2) is 0 Å². The number of hydrogen-bond acceptors (Lipinski definition) is 4. The maximum atomic E-state index is 12.5. The highest BCUT2D eigenvalue weighted by atomic mass is 19.3. The topological polar surface area (TPSA) is 42.5 Å². The van der Waals surface area contributed by atoms with Gasteiger partial charge >= 0.3 is 6.61 Å². The van der Waals surface area contributed by atoms with E-state index in [4.69, 9.17) is 4.74 Å². The molecule has 0 amide bonds. The molecule has 2 fully saturated rings. The fraction of sp³-hybridized carbons (Fsp3) is 0.700. The van der Waals surface area contributed by atoms with E-state index in [2.05, 4.69) is 15.4 Å². The first kappa shape index (κ1) is 18.1. The molecule has 0 aromatic heterocycles. The van der Waals surface area contributed by atoms with Gasteiger partial charge in [-0.1, -0.05) is 12.5 Å². The summed E-state index contributed by atoms with van der Waals surface area (Å²) >= 11 is 0. The van der Waals surface area contributed by atoms with Crippen molar-refractivity contribution in [2.75, 3.05) is 19.8 Å². The minimum atomic E-state index is -2.77. The summed E-state index contributed by atoms with van der Waals surface area (Å²) in [4.78, 5) is 0. The SMILES string of the molecule is FC(F)Oc1ccc2c(c1)CCCC2NC1CCCC1C1COCCN1. The number of morpholine rings is 1. The van der Waals surface area contributed by atoms with Gasteiger partial charge in [0.1, 0.15) is 5.75 Å². The molecule has 0 radical (unpaired) electrons. The molecule has 1 aromatic rings. The van der Waals surface area contributed by atoms with Gasteiger partial charge in [-0.3, -0.25) is 0 Å². The summed E-state index contributed by atoms with van der Waals surface area (Å²) in [7, 11) is 0. The van der Waals surface area contributed by atoms with Gasteiger partial charge in [0.15, 0.2) is 0 Å². The zero-order valence-electron chi connectivity index (χ0n) is 15.1. The molecule has 1 saturated carbocycles. The van der Waals surface area contributed by atoms with Crippen LogP contribution >= 0.6 is 0 Å². The minimum Gasteiger partial charge on any atom is -0.435 e. The lowest BCUT2D eigenvalue weighted by molar-refractivity contribution is -0.0499. The molecule has 1 heterocycles. The quantitative estimate of drug-likeness (QED) is 0.838. The molecule has 4 rings (SSSR count). The third-order valence-corrected chi connectivity index (χ3v) is 6.11. The Hall–Kier alpha value is -1.24. The normalized spacial score (nSPS) is 31.8. The van der Waals surface area contributed by atoms with Crippen molar-refractivity contribution in [3.8, 4) is 5.75 Å². The number of hydrogen-bond donors (Lipinski definition) is 2. The van der Waals surface area contributed by atoms with Crippen LogP contribution in [0.2, 0.25) is 0 Å². The first-order valence-corrected chi connectivity index (χ1v) is 9.85. The molecule has 3 aliphatic rings. The number of halogens is 2. The number of benzene rings is 1. The van der Waals surface area contributed by atoms with Gasteiger partial charge in [0.05, 0.1) is 13.2 Å². The fourth-order valence-corrected chi connectivity index (χ4v) is 4.94. The maximum absolute atomic E-state index is 12.5. The second-order valence-corrected chi connectivity index (χ2v) is 7.69. The van der Waals surface area contributed by atoms with Crippen LogP contribution in [0, 0.1) is 5.92 Å². The number of aryl methyl sites for hydroxylation is 1. The van der Waals surface area contributed by atoms with E-state index in [1.54, 1.807) is 12.1 Å². The average molecular weight is 366 g/mol. The molecule has 4 unspecified atom stereocenters. The van der Waals surface area contributed by atoms with Crippen molar-refractivity contribution in [3.05, 3.63) is 29.3 Å². The Morgan fingerprint density at radius 1 is 1.19 bits per heavy atom. The predicted molar refractivity (Wildman–Crippen MR) is 95.6 cm³/mol. The number of fused-ring (bicyclic) bond motifs is 1. The Balaban J connectivity index is 1.45. The highest BCUT2D eigenvalue weighted by Crippen LogP contribution is 2.36. The zero-order chi connectivity index (χ0) is 17.9. The zero-order valence-corrected chi connectivity index (χ0v) is 15.1. The molecule has 4 nitrogen and oxygen atoms in total. The molecule has 4 atom stereocenters. The van der Waals surface area contributed by atoms with Crippen LogP contribution in [-0.4, -0.2) is 38.5 Å². The molecule has 1 aromatic carbocycles. The number of alkyl halides is 2. The van der Waals surface area contributed by atoms with Crippen LogP contribution in [0.4, 0.5) is 8.78 Å². The molecule has 1 aliphatic heterocycles. The second-order valence-electron chi connectivity index (χ2n) is 7.69. The van der Waals surface area contributed by atoms with Crippen LogP contribution in [0.3, 0.4) is 0 Å². The van der Waals surface area contributed by atoms with E-state index < -0.39 is 6.61 Å². The Bertz CT molecular complexity index is 607. The van der Waals surface area contributed by atoms with Crippen LogP contribution in [0.25, 0.3) is 0 Å². The van der Waals surface area contributed by atoms with E-state index >= 15 is 0 Å². The van der Waals surface area contributed by atoms with Gasteiger partial charge in [-0.2, -0.15) is 8.78 Å². The summed E-state index contributed by atoms with van der Waals surface area (Å²) in [5.74, 6) is 0.865. The van der Waals surface area contributed by atoms with E-state index in [9.17, 15) is 8.78 Å². The van der Waals surface area contributed by atoms with Crippen LogP contribution in [-0.2, 0) is 11.2 Å². The van der Waals surface area contributed by atoms with Gasteiger partial charge in [0.25, 0.3) is 0 Å². The average Bonchev–Trinajstić information content (AvgIpc) is 3.10. The third-order valence-electron chi connectivity index (χ3n) is 6.11. The lowest BCUT2D eigenvalue weighted by Crippen LogP contribution is -2.51. The number of rotatable bonds is 5. The molecule has 0 bridgehead atoms. The van der Waals surface area contributed by atoms with Gasteiger partial charge in [0, 0.05) is 24.7 Å². The lowest BCUT2D eigenvalue weighted by atomic mass is 9.85. The van der Waals surface area contributed by atoms with Gasteiger partial charge < -0.3 is 20.1 Å². The first-order valence-electron chi connectivity index (χ1n) is 9.85. The highest BCUT2D eigenvalue weighted by Gasteiger charge is 2.36. The summed E-state index contributed by atoms with van der Waals surface area (Å²) in [5.41, 5.74) is 2.39. The van der Waals surface area contributed by atoms with Crippen molar-refractivity contribution in [2.45, 2.75) is 63.3 Å². The first-order chi connectivity index (χ1) is 12.7. The van der Waals surface area contributed by atoms with E-state index in [-0.39, 0.29) is 5.75 Å². The van der Waals surface area contributed by atoms with Crippen molar-refractivity contribution in [1.82, 2.24) is 10.6 Å². The summed E-state index contributed by atoms with van der Waals surface area (Å²) in [6.45, 7) is -0.221. The molecular weight excluding hydrogens is 338 g/mol. The van der Waals surface area contributed by atoms with Crippen LogP contribution in [0.5, 0.6) is 5.75 Å². The van der Waals surface area contributed by atoms with Crippen molar-refractivity contribution in [3.63, 3.8) is 0 Å². The maximum Gasteiger partial charge on any atom is 0.387 e. The molecule has 1 saturated heterocycles. The summed E-state index contributed by atoms with van der Waals surface area (Å²) < 4.78 is 35.2. The molecule has 2 aliphatic carbocycles. The molecule has 26 heavy (non-hydrogen) atoms. The van der Waals surface area contributed by atoms with Crippen molar-refractivity contribution in [1.29, 1.82) is 0 Å². The largest absolute Gasteiger partial charge is 0.435 e. The summed E-state index contributed by atoms with van der Waals surface area (Å²) in [6.07, 6.45) is 6.78. The summed E-state index contributed by atoms with van der Waals surface area (Å²) in [6, 6.07) is 6.66. The van der Waals surface area contributed by atoms with Crippen molar-refractivity contribution < 1.29 is 18.3 Å². The Labute approximate surface area is 153 Å². The van der Waals surface area contributed by atoms with Crippen molar-refractivity contribution >= 4 is 0 Å². The van der Waals surface area contributed by atoms with Gasteiger partial charge in [-0.05, 0) is 61.3 Å². The molecule has 6 heteroatoms. The van der Waals surface area contributed by atoms with Crippen LogP contribution in [0.15, 0.2) is 18.2 Å². The summed E-state index contributed by atoms with van der Waals surface area (Å²) in [5, 5.41) is 7.52. The van der Waals surface area contributed by atoms with Gasteiger partial charge in [0.2, 0.25) is 0 Å². The third kappa shape index (κ3) is 4.02. The monoisotopic (exact) mass is 366 g/mol. The van der Waals surface area contributed by atoms with E-state index in [1.165, 1.54) is 24.8 Å². The molecule has 144 valence electrons. The number of ether oxygens (including phenoxy) is 2. The predicted octanol–water partition coefficient (Wildman–Crippen LogP) is 3.41. The Morgan fingerprint density at radius 3 is 2.92 bits per heavy atom. The Kier molecular flexibility index (Phi) is 5.72. The standard InChI is InChI=1S/C20H28F2N2O2/c21-20(22)26-14-7-8-15-13(11-14)3-1-5-17(15)24-18-6-2-4-16(18)19-12-25-10-9-23-19/h7-8,11,16-20,23-24H,1-6,9-10,12H2. The van der Waals surface area contributed by atoms with Gasteiger partial charge in [-0.15, -0.1) is 0 Å².